The van der Waals surface area contributed by atoms with Crippen molar-refractivity contribution in [2.45, 2.75) is 32.9 Å². The number of nitrogens with one attached hydrogen (secondary N) is 1. The summed E-state index contributed by atoms with van der Waals surface area (Å²) in [6, 6.07) is 5.86. The van der Waals surface area contributed by atoms with Gasteiger partial charge >= 0.3 is 0 Å². The Kier molecular flexibility index (Phi) is 5.46. The van der Waals surface area contributed by atoms with Crippen LogP contribution in [0.5, 0.6) is 0 Å². The summed E-state index contributed by atoms with van der Waals surface area (Å²) in [5.74, 6) is 0. The van der Waals surface area contributed by atoms with Crippen molar-refractivity contribution in [2.24, 2.45) is 0 Å². The molecule has 1 aromatic carbocycles. The maximum absolute atomic E-state index is 6.26. The van der Waals surface area contributed by atoms with Gasteiger partial charge in [-0.05, 0) is 37.6 Å². The number of likely N-dealkylation sites (N-methyl/N-ethyl adjacent to an activating group) is 1. The van der Waals surface area contributed by atoms with Crippen LogP contribution >= 0.6 is 23.2 Å². The second-order valence-corrected chi connectivity index (χ2v) is 5.52. The molecule has 1 heterocycles. The number of rotatable bonds is 6. The molecule has 0 aliphatic rings. The lowest BCUT2D eigenvalue weighted by atomic mass is 10.0. The molecular formula is C15H19Cl2N3. The molecule has 2 aromatic rings. The molecule has 1 aromatic heterocycles. The summed E-state index contributed by atoms with van der Waals surface area (Å²) >= 11 is 12.2. The zero-order valence-corrected chi connectivity index (χ0v) is 13.2. The van der Waals surface area contributed by atoms with Crippen molar-refractivity contribution in [1.82, 2.24) is 15.1 Å². The summed E-state index contributed by atoms with van der Waals surface area (Å²) in [6.45, 7) is 5.95. The van der Waals surface area contributed by atoms with E-state index in [1.807, 2.05) is 23.0 Å². The van der Waals surface area contributed by atoms with Crippen LogP contribution in [0.25, 0.3) is 0 Å². The van der Waals surface area contributed by atoms with Crippen LogP contribution in [-0.2, 0) is 13.0 Å². The molecule has 108 valence electrons. The number of aryl methyl sites for hydroxylation is 1. The fourth-order valence-electron chi connectivity index (χ4n) is 2.19. The van der Waals surface area contributed by atoms with Gasteiger partial charge in [0.25, 0.3) is 0 Å². The van der Waals surface area contributed by atoms with Crippen molar-refractivity contribution >= 4 is 23.2 Å². The van der Waals surface area contributed by atoms with Crippen molar-refractivity contribution in [3.63, 3.8) is 0 Å². The van der Waals surface area contributed by atoms with Crippen molar-refractivity contribution < 1.29 is 0 Å². The second-order valence-electron chi connectivity index (χ2n) is 4.68. The highest BCUT2D eigenvalue weighted by molar-refractivity contribution is 6.35. The average Bonchev–Trinajstić information content (AvgIpc) is 2.90. The van der Waals surface area contributed by atoms with Crippen molar-refractivity contribution in [1.29, 1.82) is 0 Å². The third-order valence-corrected chi connectivity index (χ3v) is 3.86. The van der Waals surface area contributed by atoms with Gasteiger partial charge in [-0.25, -0.2) is 0 Å². The van der Waals surface area contributed by atoms with Crippen molar-refractivity contribution in [3.8, 4) is 0 Å². The monoisotopic (exact) mass is 311 g/mol. The van der Waals surface area contributed by atoms with Gasteiger partial charge in [0, 0.05) is 34.4 Å². The Bertz CT molecular complexity index is 566. The Morgan fingerprint density at radius 1 is 1.30 bits per heavy atom. The van der Waals surface area contributed by atoms with E-state index in [9.17, 15) is 0 Å². The number of hydrogen-bond acceptors (Lipinski definition) is 2. The summed E-state index contributed by atoms with van der Waals surface area (Å²) in [7, 11) is 0. The van der Waals surface area contributed by atoms with Gasteiger partial charge in [0.05, 0.1) is 6.20 Å². The normalized spacial score (nSPS) is 12.6. The number of hydrogen-bond donors (Lipinski definition) is 1. The first-order valence-corrected chi connectivity index (χ1v) is 7.59. The van der Waals surface area contributed by atoms with Crippen LogP contribution in [0.15, 0.2) is 30.6 Å². The largest absolute Gasteiger partial charge is 0.310 e. The van der Waals surface area contributed by atoms with Gasteiger partial charge in [0.15, 0.2) is 0 Å². The van der Waals surface area contributed by atoms with E-state index < -0.39 is 0 Å². The Hall–Kier alpha value is -1.03. The molecule has 0 bridgehead atoms. The molecule has 0 radical (unpaired) electrons. The standard InChI is InChI=1S/C15H19Cl2N3/c1-3-18-15(12-9-19-20(4-2)10-12)7-11-5-6-13(16)8-14(11)17/h5-6,8-10,15,18H,3-4,7H2,1-2H3. The van der Waals surface area contributed by atoms with Crippen LogP contribution in [0.1, 0.15) is 31.0 Å². The zero-order chi connectivity index (χ0) is 14.5. The fourth-order valence-corrected chi connectivity index (χ4v) is 2.68. The summed E-state index contributed by atoms with van der Waals surface area (Å²) < 4.78 is 1.93. The van der Waals surface area contributed by atoms with Gasteiger partial charge in [-0.3, -0.25) is 4.68 Å². The predicted octanol–water partition coefficient (Wildman–Crippen LogP) is 4.10. The number of halogens is 2. The second kappa shape index (κ2) is 7.11. The summed E-state index contributed by atoms with van der Waals surface area (Å²) in [5, 5.41) is 9.20. The molecule has 1 atom stereocenters. The first-order chi connectivity index (χ1) is 9.63. The molecule has 1 N–H and O–H groups in total. The van der Waals surface area contributed by atoms with Gasteiger partial charge in [-0.15, -0.1) is 0 Å². The van der Waals surface area contributed by atoms with Crippen molar-refractivity contribution in [3.05, 3.63) is 51.8 Å². The van der Waals surface area contributed by atoms with Crippen LogP contribution in [-0.4, -0.2) is 16.3 Å². The molecule has 0 fully saturated rings. The quantitative estimate of drug-likeness (QED) is 0.870. The van der Waals surface area contributed by atoms with E-state index in [2.05, 4.69) is 30.5 Å². The Morgan fingerprint density at radius 3 is 2.70 bits per heavy atom. The lowest BCUT2D eigenvalue weighted by Crippen LogP contribution is -2.22. The highest BCUT2D eigenvalue weighted by Gasteiger charge is 2.15. The van der Waals surface area contributed by atoms with Crippen LogP contribution < -0.4 is 5.32 Å². The molecule has 0 spiro atoms. The molecule has 2 rings (SSSR count). The minimum absolute atomic E-state index is 0.207. The molecule has 1 unspecified atom stereocenters. The van der Waals surface area contributed by atoms with E-state index in [4.69, 9.17) is 23.2 Å². The molecule has 0 aliphatic heterocycles. The van der Waals surface area contributed by atoms with Gasteiger partial charge in [0.1, 0.15) is 0 Å². The van der Waals surface area contributed by atoms with Gasteiger partial charge in [-0.1, -0.05) is 36.2 Å². The first-order valence-electron chi connectivity index (χ1n) is 6.83. The molecule has 3 nitrogen and oxygen atoms in total. The molecule has 0 amide bonds. The number of benzene rings is 1. The summed E-state index contributed by atoms with van der Waals surface area (Å²) in [4.78, 5) is 0. The molecule has 0 saturated carbocycles. The Morgan fingerprint density at radius 2 is 2.10 bits per heavy atom. The topological polar surface area (TPSA) is 29.9 Å². The van der Waals surface area contributed by atoms with E-state index in [-0.39, 0.29) is 6.04 Å². The van der Waals surface area contributed by atoms with Gasteiger partial charge in [0.2, 0.25) is 0 Å². The number of nitrogens with zero attached hydrogens (tertiary/aromatic N) is 2. The highest BCUT2D eigenvalue weighted by atomic mass is 35.5. The average molecular weight is 312 g/mol. The molecule has 20 heavy (non-hydrogen) atoms. The third kappa shape index (κ3) is 3.75. The van der Waals surface area contributed by atoms with E-state index >= 15 is 0 Å². The summed E-state index contributed by atoms with van der Waals surface area (Å²) in [5.41, 5.74) is 2.27. The Labute approximate surface area is 129 Å². The van der Waals surface area contributed by atoms with E-state index in [0.717, 1.165) is 25.1 Å². The van der Waals surface area contributed by atoms with E-state index in [1.165, 1.54) is 5.56 Å². The van der Waals surface area contributed by atoms with Gasteiger partial charge < -0.3 is 5.32 Å². The minimum Gasteiger partial charge on any atom is -0.310 e. The van der Waals surface area contributed by atoms with Crippen LogP contribution in [0.4, 0.5) is 0 Å². The molecule has 0 saturated heterocycles. The lowest BCUT2D eigenvalue weighted by molar-refractivity contribution is 0.548. The SMILES string of the molecule is CCNC(Cc1ccc(Cl)cc1Cl)c1cnn(CC)c1. The number of aromatic nitrogens is 2. The predicted molar refractivity (Wildman–Crippen MR) is 84.5 cm³/mol. The maximum atomic E-state index is 6.26. The van der Waals surface area contributed by atoms with Crippen molar-refractivity contribution in [2.75, 3.05) is 6.54 Å². The third-order valence-electron chi connectivity index (χ3n) is 3.27. The van der Waals surface area contributed by atoms with E-state index in [1.54, 1.807) is 6.07 Å². The zero-order valence-electron chi connectivity index (χ0n) is 11.7. The lowest BCUT2D eigenvalue weighted by Gasteiger charge is -2.17. The highest BCUT2D eigenvalue weighted by Crippen LogP contribution is 2.26. The molecule has 5 heteroatoms. The van der Waals surface area contributed by atoms with Crippen LogP contribution in [0, 0.1) is 0 Å². The van der Waals surface area contributed by atoms with E-state index in [0.29, 0.717) is 10.0 Å². The maximum Gasteiger partial charge on any atom is 0.0537 e. The van der Waals surface area contributed by atoms with Crippen LogP contribution in [0.3, 0.4) is 0 Å². The molecule has 0 aliphatic carbocycles. The minimum atomic E-state index is 0.207. The first kappa shape index (κ1) is 15.4. The smallest absolute Gasteiger partial charge is 0.0537 e. The fraction of sp³-hybridized carbons (Fsp3) is 0.400. The van der Waals surface area contributed by atoms with Gasteiger partial charge in [-0.2, -0.15) is 5.10 Å². The Balaban J connectivity index is 2.20. The van der Waals surface area contributed by atoms with Crippen LogP contribution in [0.2, 0.25) is 10.0 Å². The summed E-state index contributed by atoms with van der Waals surface area (Å²) in [6.07, 6.45) is 4.82. The molecular weight excluding hydrogens is 293 g/mol.